The highest BCUT2D eigenvalue weighted by atomic mass is 16.3. The lowest BCUT2D eigenvalue weighted by molar-refractivity contribution is 0.275. The third-order valence-corrected chi connectivity index (χ3v) is 3.73. The minimum Gasteiger partial charge on any atom is -0.394 e. The molecule has 6 nitrogen and oxygen atoms in total. The molecule has 0 radical (unpaired) electrons. The van der Waals surface area contributed by atoms with E-state index in [9.17, 15) is 5.11 Å². The number of aliphatic hydroxyl groups is 1. The van der Waals surface area contributed by atoms with Gasteiger partial charge < -0.3 is 10.4 Å². The summed E-state index contributed by atoms with van der Waals surface area (Å²) in [7, 11) is 0. The van der Waals surface area contributed by atoms with Gasteiger partial charge in [-0.05, 0) is 43.7 Å². The Kier molecular flexibility index (Phi) is 4.77. The first-order valence-corrected chi connectivity index (χ1v) is 7.72. The molecule has 0 saturated carbocycles. The van der Waals surface area contributed by atoms with Crippen LogP contribution in [0.5, 0.6) is 0 Å². The van der Waals surface area contributed by atoms with Crippen molar-refractivity contribution in [1.82, 2.24) is 19.9 Å². The lowest BCUT2D eigenvalue weighted by Gasteiger charge is -2.16. The molecule has 0 fully saturated rings. The van der Waals surface area contributed by atoms with Crippen LogP contribution in [0.3, 0.4) is 0 Å². The molecule has 24 heavy (non-hydrogen) atoms. The van der Waals surface area contributed by atoms with Crippen LogP contribution in [0, 0.1) is 13.8 Å². The molecule has 0 aliphatic heterocycles. The molecule has 3 heterocycles. The van der Waals surface area contributed by atoms with E-state index in [-0.39, 0.29) is 12.6 Å². The van der Waals surface area contributed by atoms with Gasteiger partial charge in [-0.15, -0.1) is 0 Å². The number of aliphatic hydroxyl groups excluding tert-OH is 1. The second-order valence-corrected chi connectivity index (χ2v) is 5.52. The molecule has 3 aromatic heterocycles. The normalized spacial score (nSPS) is 12.0. The number of aromatic nitrogens is 4. The van der Waals surface area contributed by atoms with Crippen molar-refractivity contribution >= 4 is 5.95 Å². The standard InChI is InChI=1S/C18H19N5O/c1-12-5-6-15(13(2)21-12)16-7-9-20-18(22-16)23-17(11-24)14-4-3-8-19-10-14/h3-10,17,24H,11H2,1-2H3,(H,20,22,23). The van der Waals surface area contributed by atoms with Crippen molar-refractivity contribution in [2.24, 2.45) is 0 Å². The van der Waals surface area contributed by atoms with Crippen LogP contribution in [0.4, 0.5) is 5.95 Å². The van der Waals surface area contributed by atoms with E-state index in [4.69, 9.17) is 0 Å². The summed E-state index contributed by atoms with van der Waals surface area (Å²) in [6.45, 7) is 3.84. The largest absolute Gasteiger partial charge is 0.394 e. The fourth-order valence-electron chi connectivity index (χ4n) is 2.51. The molecule has 3 rings (SSSR count). The van der Waals surface area contributed by atoms with E-state index in [2.05, 4.69) is 25.3 Å². The van der Waals surface area contributed by atoms with Gasteiger partial charge in [0.15, 0.2) is 0 Å². The van der Waals surface area contributed by atoms with Crippen LogP contribution in [-0.4, -0.2) is 31.6 Å². The zero-order valence-electron chi connectivity index (χ0n) is 13.6. The number of pyridine rings is 2. The zero-order chi connectivity index (χ0) is 16.9. The van der Waals surface area contributed by atoms with Crippen LogP contribution in [0.2, 0.25) is 0 Å². The van der Waals surface area contributed by atoms with Crippen molar-refractivity contribution in [2.45, 2.75) is 19.9 Å². The first kappa shape index (κ1) is 16.0. The molecule has 0 amide bonds. The number of nitrogens with zero attached hydrogens (tertiary/aromatic N) is 4. The topological polar surface area (TPSA) is 83.8 Å². The van der Waals surface area contributed by atoms with Gasteiger partial charge in [0.2, 0.25) is 5.95 Å². The number of hydrogen-bond donors (Lipinski definition) is 2. The van der Waals surface area contributed by atoms with Crippen LogP contribution >= 0.6 is 0 Å². The Balaban J connectivity index is 1.87. The highest BCUT2D eigenvalue weighted by Crippen LogP contribution is 2.22. The van der Waals surface area contributed by atoms with Crippen molar-refractivity contribution in [2.75, 3.05) is 11.9 Å². The van der Waals surface area contributed by atoms with Gasteiger partial charge in [0.1, 0.15) is 0 Å². The third kappa shape index (κ3) is 3.55. The third-order valence-electron chi connectivity index (χ3n) is 3.73. The van der Waals surface area contributed by atoms with Gasteiger partial charge in [-0.1, -0.05) is 6.07 Å². The van der Waals surface area contributed by atoms with Crippen molar-refractivity contribution in [3.8, 4) is 11.3 Å². The predicted octanol–water partition coefficient (Wildman–Crippen LogP) is 2.70. The number of rotatable bonds is 5. The van der Waals surface area contributed by atoms with Gasteiger partial charge in [0, 0.05) is 35.5 Å². The smallest absolute Gasteiger partial charge is 0.223 e. The van der Waals surface area contributed by atoms with E-state index in [0.29, 0.717) is 5.95 Å². The SMILES string of the molecule is Cc1ccc(-c2ccnc(NC(CO)c3cccnc3)n2)c(C)n1. The molecule has 6 heteroatoms. The van der Waals surface area contributed by atoms with Crippen molar-refractivity contribution in [1.29, 1.82) is 0 Å². The summed E-state index contributed by atoms with van der Waals surface area (Å²) in [4.78, 5) is 17.4. The van der Waals surface area contributed by atoms with Gasteiger partial charge >= 0.3 is 0 Å². The Morgan fingerprint density at radius 3 is 2.67 bits per heavy atom. The number of anilines is 1. The zero-order valence-corrected chi connectivity index (χ0v) is 13.6. The highest BCUT2D eigenvalue weighted by Gasteiger charge is 2.13. The molecule has 1 unspecified atom stereocenters. The second-order valence-electron chi connectivity index (χ2n) is 5.52. The fourth-order valence-corrected chi connectivity index (χ4v) is 2.51. The van der Waals surface area contributed by atoms with Gasteiger partial charge in [0.25, 0.3) is 0 Å². The first-order valence-electron chi connectivity index (χ1n) is 7.72. The van der Waals surface area contributed by atoms with Crippen LogP contribution in [0.25, 0.3) is 11.3 Å². The Hall–Kier alpha value is -2.86. The maximum absolute atomic E-state index is 9.65. The Labute approximate surface area is 140 Å². The maximum Gasteiger partial charge on any atom is 0.223 e. The molecule has 0 aromatic carbocycles. The molecule has 2 N–H and O–H groups in total. The first-order chi connectivity index (χ1) is 11.7. The summed E-state index contributed by atoms with van der Waals surface area (Å²) < 4.78 is 0. The van der Waals surface area contributed by atoms with Gasteiger partial charge in [-0.3, -0.25) is 9.97 Å². The molecule has 0 saturated heterocycles. The predicted molar refractivity (Wildman–Crippen MR) is 92.4 cm³/mol. The Bertz CT molecular complexity index is 823. The van der Waals surface area contributed by atoms with E-state index in [1.165, 1.54) is 0 Å². The van der Waals surface area contributed by atoms with Crippen LogP contribution in [0.15, 0.2) is 48.9 Å². The summed E-state index contributed by atoms with van der Waals surface area (Å²) in [5, 5.41) is 12.8. The van der Waals surface area contributed by atoms with E-state index in [1.54, 1.807) is 18.6 Å². The highest BCUT2D eigenvalue weighted by molar-refractivity contribution is 5.62. The average molecular weight is 321 g/mol. The molecule has 0 aliphatic carbocycles. The lowest BCUT2D eigenvalue weighted by atomic mass is 10.1. The van der Waals surface area contributed by atoms with E-state index in [1.807, 2.05) is 44.2 Å². The van der Waals surface area contributed by atoms with Crippen LogP contribution in [-0.2, 0) is 0 Å². The fraction of sp³-hybridized carbons (Fsp3) is 0.222. The Morgan fingerprint density at radius 1 is 1.08 bits per heavy atom. The minimum atomic E-state index is -0.314. The quantitative estimate of drug-likeness (QED) is 0.752. The molecule has 0 aliphatic rings. The summed E-state index contributed by atoms with van der Waals surface area (Å²) in [5.41, 5.74) is 4.53. The van der Waals surface area contributed by atoms with Crippen LogP contribution in [0.1, 0.15) is 23.0 Å². The molecule has 1 atom stereocenters. The Morgan fingerprint density at radius 2 is 1.96 bits per heavy atom. The summed E-state index contributed by atoms with van der Waals surface area (Å²) in [6, 6.07) is 9.24. The van der Waals surface area contributed by atoms with Crippen molar-refractivity contribution < 1.29 is 5.11 Å². The lowest BCUT2D eigenvalue weighted by Crippen LogP contribution is -2.16. The van der Waals surface area contributed by atoms with E-state index in [0.717, 1.165) is 28.2 Å². The number of nitrogens with one attached hydrogen (secondary N) is 1. The minimum absolute atomic E-state index is 0.0790. The van der Waals surface area contributed by atoms with Crippen molar-refractivity contribution in [3.05, 3.63) is 65.9 Å². The number of hydrogen-bond acceptors (Lipinski definition) is 6. The molecule has 3 aromatic rings. The molecule has 122 valence electrons. The van der Waals surface area contributed by atoms with Crippen LogP contribution < -0.4 is 5.32 Å². The summed E-state index contributed by atoms with van der Waals surface area (Å²) in [6.07, 6.45) is 5.11. The van der Waals surface area contributed by atoms with E-state index < -0.39 is 0 Å². The van der Waals surface area contributed by atoms with Gasteiger partial charge in [-0.25, -0.2) is 9.97 Å². The summed E-state index contributed by atoms with van der Waals surface area (Å²) in [5.74, 6) is 0.454. The molecule has 0 spiro atoms. The average Bonchev–Trinajstić information content (AvgIpc) is 2.60. The van der Waals surface area contributed by atoms with E-state index >= 15 is 0 Å². The van der Waals surface area contributed by atoms with Gasteiger partial charge in [0.05, 0.1) is 18.3 Å². The molecular weight excluding hydrogens is 302 g/mol. The maximum atomic E-state index is 9.65. The molecular formula is C18H19N5O. The monoisotopic (exact) mass is 321 g/mol. The van der Waals surface area contributed by atoms with Crippen molar-refractivity contribution in [3.63, 3.8) is 0 Å². The molecule has 0 bridgehead atoms. The second kappa shape index (κ2) is 7.14. The number of aryl methyl sites for hydroxylation is 2. The summed E-state index contributed by atoms with van der Waals surface area (Å²) >= 11 is 0. The van der Waals surface area contributed by atoms with Gasteiger partial charge in [-0.2, -0.15) is 0 Å².